The summed E-state index contributed by atoms with van der Waals surface area (Å²) in [5, 5.41) is 29.2. The first-order valence-electron chi connectivity index (χ1n) is 7.32. The molecule has 3 N–H and O–H groups in total. The molecule has 4 atom stereocenters. The fraction of sp³-hybridized carbons (Fsp3) is 0.312. The molecule has 4 rings (SSSR count). The van der Waals surface area contributed by atoms with E-state index in [2.05, 4.69) is 4.98 Å². The number of aliphatic hydroxyl groups excluding tert-OH is 3. The second kappa shape index (κ2) is 5.47. The second-order valence-electron chi connectivity index (χ2n) is 5.56. The van der Waals surface area contributed by atoms with Gasteiger partial charge in [-0.3, -0.25) is 0 Å². The molecule has 3 aromatic rings. The molecule has 7 heteroatoms. The number of hydrogen-bond acceptors (Lipinski definition) is 6. The predicted octanol–water partition coefficient (Wildman–Crippen LogP) is 0.908. The molecule has 0 saturated carbocycles. The fourth-order valence-electron chi connectivity index (χ4n) is 2.94. The molecule has 0 aliphatic carbocycles. The summed E-state index contributed by atoms with van der Waals surface area (Å²) >= 11 is 0. The first-order chi connectivity index (χ1) is 11.2. The van der Waals surface area contributed by atoms with Crippen LogP contribution in [0.5, 0.6) is 0 Å². The van der Waals surface area contributed by atoms with Crippen molar-refractivity contribution in [1.29, 1.82) is 0 Å². The van der Waals surface area contributed by atoms with E-state index in [0.717, 1.165) is 22.4 Å². The van der Waals surface area contributed by atoms with Gasteiger partial charge in [0, 0.05) is 5.56 Å². The van der Waals surface area contributed by atoms with E-state index in [9.17, 15) is 15.3 Å². The van der Waals surface area contributed by atoms with Crippen molar-refractivity contribution in [3.05, 3.63) is 42.9 Å². The molecule has 2 aromatic heterocycles. The van der Waals surface area contributed by atoms with Gasteiger partial charge in [0.15, 0.2) is 6.23 Å². The van der Waals surface area contributed by atoms with E-state index in [0.29, 0.717) is 0 Å². The van der Waals surface area contributed by atoms with Crippen LogP contribution in [0.3, 0.4) is 0 Å². The van der Waals surface area contributed by atoms with Crippen molar-refractivity contribution in [1.82, 2.24) is 9.55 Å². The van der Waals surface area contributed by atoms with Crippen molar-refractivity contribution in [3.8, 4) is 11.3 Å². The zero-order valence-electron chi connectivity index (χ0n) is 12.1. The molecule has 1 aliphatic rings. The van der Waals surface area contributed by atoms with Crippen LogP contribution in [0.25, 0.3) is 22.4 Å². The molecule has 1 aromatic carbocycles. The van der Waals surface area contributed by atoms with E-state index >= 15 is 0 Å². The minimum absolute atomic E-state index is 0.357. The monoisotopic (exact) mass is 316 g/mol. The molecule has 7 nitrogen and oxygen atoms in total. The molecule has 1 aliphatic heterocycles. The molecule has 120 valence electrons. The lowest BCUT2D eigenvalue weighted by Gasteiger charge is -2.17. The van der Waals surface area contributed by atoms with Gasteiger partial charge >= 0.3 is 0 Å². The number of rotatable bonds is 3. The summed E-state index contributed by atoms with van der Waals surface area (Å²) in [6, 6.07) is 9.31. The van der Waals surface area contributed by atoms with Gasteiger partial charge in [-0.15, -0.1) is 0 Å². The molecule has 0 radical (unpaired) electrons. The Hall–Kier alpha value is -2.19. The van der Waals surface area contributed by atoms with Gasteiger partial charge in [-0.05, 0) is 30.3 Å². The summed E-state index contributed by atoms with van der Waals surface area (Å²) in [5.41, 5.74) is 2.38. The SMILES string of the molecule is OC[C@H]1O[C@@H](n2cnc3cc(-c4ccco4)ccc32)[C@H](O)[C@@H]1O. The van der Waals surface area contributed by atoms with Crippen molar-refractivity contribution in [2.24, 2.45) is 0 Å². The van der Waals surface area contributed by atoms with Crippen LogP contribution in [0.1, 0.15) is 6.23 Å². The number of ether oxygens (including phenoxy) is 1. The maximum Gasteiger partial charge on any atom is 0.164 e. The topological polar surface area (TPSA) is 101 Å². The van der Waals surface area contributed by atoms with Crippen LogP contribution < -0.4 is 0 Å². The minimum atomic E-state index is -1.13. The van der Waals surface area contributed by atoms with Crippen LogP contribution in [-0.4, -0.2) is 49.8 Å². The highest BCUT2D eigenvalue weighted by molar-refractivity contribution is 5.81. The Kier molecular flexibility index (Phi) is 3.42. The third-order valence-electron chi connectivity index (χ3n) is 4.17. The molecular formula is C16H16N2O5. The fourth-order valence-corrected chi connectivity index (χ4v) is 2.94. The Bertz CT molecular complexity index is 813. The average Bonchev–Trinajstić information content (AvgIpc) is 3.28. The maximum absolute atomic E-state index is 10.1. The highest BCUT2D eigenvalue weighted by atomic mass is 16.6. The second-order valence-corrected chi connectivity index (χ2v) is 5.56. The van der Waals surface area contributed by atoms with Crippen molar-refractivity contribution >= 4 is 11.0 Å². The van der Waals surface area contributed by atoms with Gasteiger partial charge in [0.25, 0.3) is 0 Å². The average molecular weight is 316 g/mol. The largest absolute Gasteiger partial charge is 0.464 e. The number of fused-ring (bicyclic) bond motifs is 1. The quantitative estimate of drug-likeness (QED) is 0.664. The van der Waals surface area contributed by atoms with Crippen LogP contribution >= 0.6 is 0 Å². The Labute approximate surface area is 131 Å². The number of aliphatic hydroxyl groups is 3. The number of furan rings is 1. The summed E-state index contributed by atoms with van der Waals surface area (Å²) in [7, 11) is 0. The Morgan fingerprint density at radius 3 is 2.74 bits per heavy atom. The molecule has 0 amide bonds. The normalized spacial score (nSPS) is 27.8. The maximum atomic E-state index is 10.1. The van der Waals surface area contributed by atoms with Crippen LogP contribution in [0.4, 0.5) is 0 Å². The third-order valence-corrected chi connectivity index (χ3v) is 4.17. The molecule has 1 saturated heterocycles. The zero-order chi connectivity index (χ0) is 16.0. The highest BCUT2D eigenvalue weighted by Gasteiger charge is 2.43. The van der Waals surface area contributed by atoms with Gasteiger partial charge in [-0.25, -0.2) is 4.98 Å². The predicted molar refractivity (Wildman–Crippen MR) is 80.4 cm³/mol. The van der Waals surface area contributed by atoms with Gasteiger partial charge in [0.1, 0.15) is 24.1 Å². The smallest absolute Gasteiger partial charge is 0.164 e. The number of benzene rings is 1. The minimum Gasteiger partial charge on any atom is -0.464 e. The first kappa shape index (κ1) is 14.4. The Morgan fingerprint density at radius 2 is 2.04 bits per heavy atom. The van der Waals surface area contributed by atoms with E-state index in [-0.39, 0.29) is 6.61 Å². The zero-order valence-corrected chi connectivity index (χ0v) is 12.1. The molecule has 0 unspecified atom stereocenters. The number of aromatic nitrogens is 2. The summed E-state index contributed by atoms with van der Waals surface area (Å²) in [6.07, 6.45) is -0.704. The summed E-state index contributed by atoms with van der Waals surface area (Å²) < 4.78 is 12.6. The Balaban J connectivity index is 1.72. The lowest BCUT2D eigenvalue weighted by atomic mass is 10.1. The van der Waals surface area contributed by atoms with Crippen molar-refractivity contribution in [2.45, 2.75) is 24.5 Å². The van der Waals surface area contributed by atoms with E-state index < -0.39 is 24.5 Å². The molecule has 3 heterocycles. The van der Waals surface area contributed by atoms with Gasteiger partial charge in [-0.2, -0.15) is 0 Å². The van der Waals surface area contributed by atoms with E-state index in [1.54, 1.807) is 17.2 Å². The van der Waals surface area contributed by atoms with Crippen molar-refractivity contribution < 1.29 is 24.5 Å². The van der Waals surface area contributed by atoms with Gasteiger partial charge in [0.2, 0.25) is 0 Å². The van der Waals surface area contributed by atoms with Crippen LogP contribution in [0.15, 0.2) is 47.3 Å². The summed E-state index contributed by atoms with van der Waals surface area (Å²) in [4.78, 5) is 4.33. The molecular weight excluding hydrogens is 300 g/mol. The van der Waals surface area contributed by atoms with Crippen LogP contribution in [0.2, 0.25) is 0 Å². The Morgan fingerprint density at radius 1 is 1.17 bits per heavy atom. The highest BCUT2D eigenvalue weighted by Crippen LogP contribution is 2.32. The number of imidazole rings is 1. The third kappa shape index (κ3) is 2.25. The molecule has 0 bridgehead atoms. The standard InChI is InChI=1S/C16H16N2O5/c19-7-13-14(20)15(21)16(23-13)18-8-17-10-6-9(3-4-11(10)18)12-2-1-5-22-12/h1-6,8,13-16,19-21H,7H2/t13-,14-,15-,16-/m1/s1. The number of nitrogens with zero attached hydrogens (tertiary/aromatic N) is 2. The van der Waals surface area contributed by atoms with E-state index in [4.69, 9.17) is 9.15 Å². The van der Waals surface area contributed by atoms with Gasteiger partial charge in [-0.1, -0.05) is 0 Å². The molecule has 23 heavy (non-hydrogen) atoms. The first-order valence-corrected chi connectivity index (χ1v) is 7.32. The summed E-state index contributed by atoms with van der Waals surface area (Å²) in [5.74, 6) is 0.745. The molecule has 1 fully saturated rings. The van der Waals surface area contributed by atoms with Crippen LogP contribution in [-0.2, 0) is 4.74 Å². The summed E-state index contributed by atoms with van der Waals surface area (Å²) in [6.45, 7) is -0.357. The van der Waals surface area contributed by atoms with E-state index in [1.807, 2.05) is 30.3 Å². The van der Waals surface area contributed by atoms with Gasteiger partial charge in [0.05, 0.1) is 30.2 Å². The van der Waals surface area contributed by atoms with Crippen molar-refractivity contribution in [3.63, 3.8) is 0 Å². The number of hydrogen-bond donors (Lipinski definition) is 3. The molecule has 0 spiro atoms. The lowest BCUT2D eigenvalue weighted by Crippen LogP contribution is -2.33. The van der Waals surface area contributed by atoms with E-state index in [1.165, 1.54) is 0 Å². The van der Waals surface area contributed by atoms with Crippen molar-refractivity contribution in [2.75, 3.05) is 6.61 Å². The lowest BCUT2D eigenvalue weighted by molar-refractivity contribution is -0.0508. The van der Waals surface area contributed by atoms with Gasteiger partial charge < -0.3 is 29.0 Å². The van der Waals surface area contributed by atoms with Crippen LogP contribution in [0, 0.1) is 0 Å².